The molecule has 0 aliphatic carbocycles. The van der Waals surface area contributed by atoms with Crippen LogP contribution < -0.4 is 0 Å². The number of ether oxygens (including phenoxy) is 2. The van der Waals surface area contributed by atoms with Crippen molar-refractivity contribution in [1.82, 2.24) is 0 Å². The monoisotopic (exact) mass is 259 g/mol. The molecule has 0 aromatic heterocycles. The summed E-state index contributed by atoms with van der Waals surface area (Å²) in [5.74, 6) is -1.61. The quantitative estimate of drug-likeness (QED) is 0.652. The second-order valence-electron chi connectivity index (χ2n) is 3.76. The molecular weight excluding hydrogens is 246 g/mol. The summed E-state index contributed by atoms with van der Waals surface area (Å²) >= 11 is 0. The number of aliphatic carboxylic acids is 1. The van der Waals surface area contributed by atoms with Gasteiger partial charge in [-0.1, -0.05) is 30.3 Å². The Kier molecular flexibility index (Phi) is 3.97. The lowest BCUT2D eigenvalue weighted by Gasteiger charge is -2.15. The van der Waals surface area contributed by atoms with Crippen molar-refractivity contribution >= 4 is 17.4 Å². The van der Waals surface area contributed by atoms with E-state index in [9.17, 15) is 4.79 Å². The Hall–Kier alpha value is -2.56. The summed E-state index contributed by atoms with van der Waals surface area (Å²) in [6.45, 7) is 0. The molecule has 1 aromatic carbocycles. The third-order valence-corrected chi connectivity index (χ3v) is 2.52. The molecule has 1 aromatic rings. The molecule has 0 amide bonds. The van der Waals surface area contributed by atoms with Gasteiger partial charge < -0.3 is 14.6 Å². The molecule has 0 fully saturated rings. The van der Waals surface area contributed by atoms with E-state index in [0.29, 0.717) is 0 Å². The van der Waals surface area contributed by atoms with Crippen LogP contribution in [0.25, 0.3) is 5.57 Å². The van der Waals surface area contributed by atoms with E-state index in [1.807, 2.05) is 30.3 Å². The highest BCUT2D eigenvalue weighted by atomic mass is 16.5. The van der Waals surface area contributed by atoms with Crippen molar-refractivity contribution in [3.63, 3.8) is 0 Å². The van der Waals surface area contributed by atoms with E-state index in [2.05, 4.69) is 9.73 Å². The first-order valence-corrected chi connectivity index (χ1v) is 5.65. The van der Waals surface area contributed by atoms with Crippen molar-refractivity contribution in [3.05, 3.63) is 54.3 Å². The topological polar surface area (TPSA) is 68.1 Å². The van der Waals surface area contributed by atoms with Crippen LogP contribution in [0.4, 0.5) is 0 Å². The number of aliphatic imine (C=N–C) groups is 1. The van der Waals surface area contributed by atoms with Crippen molar-refractivity contribution in [1.29, 1.82) is 0 Å². The number of carboxylic acids is 1. The Morgan fingerprint density at radius 3 is 2.74 bits per heavy atom. The molecule has 2 rings (SSSR count). The molecule has 1 aliphatic rings. The fourth-order valence-corrected chi connectivity index (χ4v) is 1.64. The van der Waals surface area contributed by atoms with Crippen LogP contribution >= 0.6 is 0 Å². The van der Waals surface area contributed by atoms with Crippen molar-refractivity contribution < 1.29 is 19.4 Å². The largest absolute Gasteiger partial charge is 0.476 e. The molecule has 19 heavy (non-hydrogen) atoms. The molecule has 1 heterocycles. The zero-order valence-corrected chi connectivity index (χ0v) is 10.3. The number of allylic oxidation sites excluding steroid dienone is 2. The van der Waals surface area contributed by atoms with Crippen LogP contribution in [0.2, 0.25) is 0 Å². The van der Waals surface area contributed by atoms with E-state index in [-0.39, 0.29) is 5.90 Å². The van der Waals surface area contributed by atoms with Crippen LogP contribution in [0.15, 0.2) is 53.7 Å². The van der Waals surface area contributed by atoms with Gasteiger partial charge in [0.15, 0.2) is 0 Å². The summed E-state index contributed by atoms with van der Waals surface area (Å²) in [5.41, 5.74) is 1.93. The first kappa shape index (κ1) is 12.9. The Morgan fingerprint density at radius 1 is 1.37 bits per heavy atom. The van der Waals surface area contributed by atoms with Crippen LogP contribution in [0.1, 0.15) is 5.56 Å². The Bertz CT molecular complexity index is 546. The lowest BCUT2D eigenvalue weighted by Crippen LogP contribution is -2.19. The van der Waals surface area contributed by atoms with E-state index in [1.165, 1.54) is 13.4 Å². The van der Waals surface area contributed by atoms with Crippen LogP contribution in [0.5, 0.6) is 0 Å². The van der Waals surface area contributed by atoms with E-state index in [4.69, 9.17) is 9.84 Å². The average molecular weight is 259 g/mol. The van der Waals surface area contributed by atoms with Gasteiger partial charge in [-0.05, 0) is 23.3 Å². The number of carboxylic acid groups (broad SMARTS) is 1. The zero-order chi connectivity index (χ0) is 13.7. The molecule has 98 valence electrons. The molecule has 0 spiro atoms. The second kappa shape index (κ2) is 5.86. The highest BCUT2D eigenvalue weighted by Crippen LogP contribution is 2.21. The maximum Gasteiger partial charge on any atom is 0.391 e. The number of carbonyl (C=O) groups is 1. The van der Waals surface area contributed by atoms with Gasteiger partial charge in [-0.2, -0.15) is 4.99 Å². The van der Waals surface area contributed by atoms with E-state index in [0.717, 1.165) is 11.1 Å². The number of methoxy groups -OCH3 is 1. The smallest absolute Gasteiger partial charge is 0.391 e. The molecule has 1 aliphatic heterocycles. The zero-order valence-electron chi connectivity index (χ0n) is 10.3. The Labute approximate surface area is 110 Å². The first-order valence-electron chi connectivity index (χ1n) is 5.65. The summed E-state index contributed by atoms with van der Waals surface area (Å²) in [5, 5.41) is 8.84. The van der Waals surface area contributed by atoms with Gasteiger partial charge in [-0.15, -0.1) is 0 Å². The standard InChI is InChI=1S/C14H13NO4/c1-18-13(14(16)17)15-12-9-11(7-8-19-12)10-5-3-2-4-6-10/h2-9,12H,1H3,(H,16,17). The van der Waals surface area contributed by atoms with E-state index in [1.54, 1.807) is 12.2 Å². The molecule has 5 heteroatoms. The van der Waals surface area contributed by atoms with Crippen molar-refractivity contribution in [2.75, 3.05) is 7.11 Å². The molecule has 0 bridgehead atoms. The highest BCUT2D eigenvalue weighted by molar-refractivity contribution is 6.31. The van der Waals surface area contributed by atoms with Crippen LogP contribution in [0, 0.1) is 0 Å². The van der Waals surface area contributed by atoms with Gasteiger partial charge in [-0.3, -0.25) is 0 Å². The molecule has 5 nitrogen and oxygen atoms in total. The number of nitrogens with zero attached hydrogens (tertiary/aromatic N) is 1. The van der Waals surface area contributed by atoms with Crippen LogP contribution in [0.3, 0.4) is 0 Å². The average Bonchev–Trinajstić information content (AvgIpc) is 2.45. The molecule has 1 unspecified atom stereocenters. The molecule has 0 saturated heterocycles. The number of hydrogen-bond donors (Lipinski definition) is 1. The molecule has 1 atom stereocenters. The normalized spacial score (nSPS) is 18.5. The molecule has 0 radical (unpaired) electrons. The molecular formula is C14H13NO4. The number of benzene rings is 1. The SMILES string of the molecule is COC(=NC1C=C(c2ccccc2)C=CO1)C(=O)O. The maximum absolute atomic E-state index is 10.8. The minimum absolute atomic E-state index is 0.385. The van der Waals surface area contributed by atoms with Crippen molar-refractivity contribution in [2.45, 2.75) is 6.23 Å². The van der Waals surface area contributed by atoms with Crippen molar-refractivity contribution in [2.24, 2.45) is 4.99 Å². The fraction of sp³-hybridized carbons (Fsp3) is 0.143. The van der Waals surface area contributed by atoms with E-state index < -0.39 is 12.2 Å². The van der Waals surface area contributed by atoms with Gasteiger partial charge in [0.1, 0.15) is 0 Å². The fourth-order valence-electron chi connectivity index (χ4n) is 1.64. The summed E-state index contributed by atoms with van der Waals surface area (Å²) in [7, 11) is 1.26. The van der Waals surface area contributed by atoms with Gasteiger partial charge in [-0.25, -0.2) is 4.79 Å². The van der Waals surface area contributed by atoms with Gasteiger partial charge in [0.25, 0.3) is 5.90 Å². The highest BCUT2D eigenvalue weighted by Gasteiger charge is 2.15. The van der Waals surface area contributed by atoms with Crippen LogP contribution in [-0.4, -0.2) is 30.3 Å². The summed E-state index contributed by atoms with van der Waals surface area (Å²) in [6, 6.07) is 9.69. The third kappa shape index (κ3) is 3.22. The minimum atomic E-state index is -1.23. The summed E-state index contributed by atoms with van der Waals surface area (Å²) < 4.78 is 9.90. The van der Waals surface area contributed by atoms with Gasteiger partial charge in [0, 0.05) is 0 Å². The lowest BCUT2D eigenvalue weighted by atomic mass is 10.0. The minimum Gasteiger partial charge on any atom is -0.476 e. The first-order chi connectivity index (χ1) is 9.20. The summed E-state index contributed by atoms with van der Waals surface area (Å²) in [4.78, 5) is 14.7. The lowest BCUT2D eigenvalue weighted by molar-refractivity contribution is -0.130. The van der Waals surface area contributed by atoms with E-state index >= 15 is 0 Å². The Balaban J connectivity index is 2.24. The second-order valence-corrected chi connectivity index (χ2v) is 3.76. The van der Waals surface area contributed by atoms with Gasteiger partial charge in [0.05, 0.1) is 13.4 Å². The maximum atomic E-state index is 10.8. The Morgan fingerprint density at radius 2 is 2.11 bits per heavy atom. The predicted molar refractivity (Wildman–Crippen MR) is 70.5 cm³/mol. The summed E-state index contributed by atoms with van der Waals surface area (Å²) in [6.07, 6.45) is 4.32. The van der Waals surface area contributed by atoms with Crippen molar-refractivity contribution in [3.8, 4) is 0 Å². The molecule has 0 saturated carbocycles. The van der Waals surface area contributed by atoms with Gasteiger partial charge >= 0.3 is 5.97 Å². The van der Waals surface area contributed by atoms with Gasteiger partial charge in [0.2, 0.25) is 6.23 Å². The number of hydrogen-bond acceptors (Lipinski definition) is 4. The van der Waals surface area contributed by atoms with Crippen LogP contribution in [-0.2, 0) is 14.3 Å². The number of rotatable bonds is 2. The predicted octanol–water partition coefficient (Wildman–Crippen LogP) is 2.07. The molecule has 1 N–H and O–H groups in total. The third-order valence-electron chi connectivity index (χ3n) is 2.52.